The fraction of sp³-hybridized carbons (Fsp3) is 0.393. The topological polar surface area (TPSA) is 138 Å². The fourth-order valence-corrected chi connectivity index (χ4v) is 5.71. The number of halogens is 3. The van der Waals surface area contributed by atoms with Gasteiger partial charge in [-0.2, -0.15) is 0 Å². The maximum absolute atomic E-state index is 14.7. The van der Waals surface area contributed by atoms with Crippen LogP contribution >= 0.6 is 0 Å². The Bertz CT molecular complexity index is 1490. The minimum absolute atomic E-state index is 0.0117. The van der Waals surface area contributed by atoms with Gasteiger partial charge in [-0.15, -0.1) is 0 Å². The summed E-state index contributed by atoms with van der Waals surface area (Å²) < 4.78 is 72.1. The Morgan fingerprint density at radius 2 is 1.82 bits per heavy atom. The van der Waals surface area contributed by atoms with Crippen molar-refractivity contribution < 1.29 is 31.1 Å². The third-order valence-corrected chi connectivity index (χ3v) is 8.07. The van der Waals surface area contributed by atoms with E-state index in [2.05, 4.69) is 9.97 Å². The summed E-state index contributed by atoms with van der Waals surface area (Å²) in [6.45, 7) is 2.04. The molecule has 0 unspecified atom stereocenters. The van der Waals surface area contributed by atoms with Crippen molar-refractivity contribution >= 4 is 21.3 Å². The zero-order valence-corrected chi connectivity index (χ0v) is 22.9. The van der Waals surface area contributed by atoms with Gasteiger partial charge < -0.3 is 16.2 Å². The molecule has 0 spiro atoms. The largest absolute Gasteiger partial charge is 0.397 e. The lowest BCUT2D eigenvalue weighted by molar-refractivity contribution is -0.0154. The zero-order chi connectivity index (χ0) is 29.2. The number of Topliss-reactive ketones (excluding diaryl/α,β-unsaturated/α-hetero) is 1. The molecule has 0 amide bonds. The molecule has 4 rings (SSSR count). The standard InChI is InChI=1S/C28H31F3N4O4S/c1-15-10-16(11-23(33)28(15)39-8-9-40(2,37)38)18-6-7-34-14-17(18)12-24(36)27-22(32)13-21(31)26(35-27)25-19(29)4-3-5-20(25)30/h3-7,13-16,23,28H,8-12,32-33H2,1-2H3/t15-,16+,23+,28-/m0/s1. The molecule has 0 aliphatic heterocycles. The molecule has 0 bridgehead atoms. The maximum Gasteiger partial charge on any atom is 0.187 e. The van der Waals surface area contributed by atoms with E-state index in [1.807, 2.05) is 6.92 Å². The molecule has 2 aromatic heterocycles. The number of benzene rings is 1. The Balaban J connectivity index is 1.56. The van der Waals surface area contributed by atoms with Crippen molar-refractivity contribution in [3.05, 3.63) is 77.0 Å². The summed E-state index contributed by atoms with van der Waals surface area (Å²) in [5.41, 5.74) is 11.9. The summed E-state index contributed by atoms with van der Waals surface area (Å²) in [6.07, 6.45) is 5.03. The summed E-state index contributed by atoms with van der Waals surface area (Å²) >= 11 is 0. The highest BCUT2D eigenvalue weighted by atomic mass is 32.2. The van der Waals surface area contributed by atoms with Crippen LogP contribution in [0.15, 0.2) is 42.7 Å². The Labute approximate surface area is 230 Å². The number of nitrogens with zero attached hydrogens (tertiary/aromatic N) is 2. The van der Waals surface area contributed by atoms with E-state index in [4.69, 9.17) is 16.2 Å². The first-order valence-electron chi connectivity index (χ1n) is 12.8. The third-order valence-electron chi connectivity index (χ3n) is 7.16. The predicted molar refractivity (Wildman–Crippen MR) is 145 cm³/mol. The minimum atomic E-state index is -3.16. The molecule has 3 aromatic rings. The van der Waals surface area contributed by atoms with Crippen LogP contribution in [0, 0.1) is 23.4 Å². The molecular weight excluding hydrogens is 545 g/mol. The van der Waals surface area contributed by atoms with Gasteiger partial charge in [-0.1, -0.05) is 13.0 Å². The van der Waals surface area contributed by atoms with Gasteiger partial charge >= 0.3 is 0 Å². The second-order valence-corrected chi connectivity index (χ2v) is 12.6. The Morgan fingerprint density at radius 1 is 1.12 bits per heavy atom. The molecule has 1 aliphatic rings. The van der Waals surface area contributed by atoms with Crippen LogP contribution in [0.5, 0.6) is 0 Å². The van der Waals surface area contributed by atoms with Crippen molar-refractivity contribution in [3.63, 3.8) is 0 Å². The summed E-state index contributed by atoms with van der Waals surface area (Å²) in [7, 11) is -3.16. The summed E-state index contributed by atoms with van der Waals surface area (Å²) in [5, 5.41) is 0. The highest BCUT2D eigenvalue weighted by molar-refractivity contribution is 7.90. The van der Waals surface area contributed by atoms with Gasteiger partial charge in [0, 0.05) is 37.2 Å². The number of hydrogen-bond acceptors (Lipinski definition) is 8. The molecule has 8 nitrogen and oxygen atoms in total. The van der Waals surface area contributed by atoms with Crippen LogP contribution in [0.4, 0.5) is 18.9 Å². The molecule has 12 heteroatoms. The number of ketones is 1. The van der Waals surface area contributed by atoms with Crippen LogP contribution in [-0.2, 0) is 21.0 Å². The van der Waals surface area contributed by atoms with E-state index in [9.17, 15) is 26.4 Å². The molecule has 1 saturated carbocycles. The van der Waals surface area contributed by atoms with Gasteiger partial charge in [-0.05, 0) is 54.0 Å². The average Bonchev–Trinajstić information content (AvgIpc) is 2.86. The summed E-state index contributed by atoms with van der Waals surface area (Å²) in [4.78, 5) is 21.4. The first kappa shape index (κ1) is 29.6. The monoisotopic (exact) mass is 576 g/mol. The van der Waals surface area contributed by atoms with Crippen LogP contribution in [0.25, 0.3) is 11.3 Å². The van der Waals surface area contributed by atoms with E-state index in [0.29, 0.717) is 18.4 Å². The van der Waals surface area contributed by atoms with E-state index in [1.165, 1.54) is 0 Å². The summed E-state index contributed by atoms with van der Waals surface area (Å²) in [5.74, 6) is -3.78. The molecule has 1 fully saturated rings. The van der Waals surface area contributed by atoms with Gasteiger partial charge in [0.05, 0.1) is 29.7 Å². The van der Waals surface area contributed by atoms with Gasteiger partial charge in [0.15, 0.2) is 11.6 Å². The first-order chi connectivity index (χ1) is 18.9. The van der Waals surface area contributed by atoms with E-state index < -0.39 is 44.3 Å². The van der Waals surface area contributed by atoms with Crippen molar-refractivity contribution in [2.75, 3.05) is 24.3 Å². The number of nitrogens with two attached hydrogens (primary N) is 2. The molecule has 40 heavy (non-hydrogen) atoms. The zero-order valence-electron chi connectivity index (χ0n) is 22.1. The quantitative estimate of drug-likeness (QED) is 0.367. The minimum Gasteiger partial charge on any atom is -0.397 e. The number of nitrogen functional groups attached to an aromatic ring is 1. The number of sulfone groups is 1. The third kappa shape index (κ3) is 6.68. The van der Waals surface area contributed by atoms with Crippen LogP contribution in [0.1, 0.15) is 47.3 Å². The van der Waals surface area contributed by atoms with E-state index in [0.717, 1.165) is 36.1 Å². The number of ether oxygens (including phenoxy) is 1. The lowest BCUT2D eigenvalue weighted by Gasteiger charge is -2.39. The van der Waals surface area contributed by atoms with Crippen molar-refractivity contribution in [1.82, 2.24) is 9.97 Å². The number of carbonyl (C=O) groups excluding carboxylic acids is 1. The molecule has 2 heterocycles. The lowest BCUT2D eigenvalue weighted by atomic mass is 9.73. The normalized spacial score (nSPS) is 21.4. The van der Waals surface area contributed by atoms with E-state index >= 15 is 0 Å². The Hall–Kier alpha value is -3.35. The van der Waals surface area contributed by atoms with Crippen LogP contribution in [-0.4, -0.2) is 54.9 Å². The lowest BCUT2D eigenvalue weighted by Crippen LogP contribution is -2.47. The second kappa shape index (κ2) is 12.0. The SMILES string of the molecule is C[C@H]1C[C@@H](c2ccncc2CC(=O)c2nc(-c3c(F)cccc3F)c(F)cc2N)C[C@@H](N)[C@H]1OCCS(C)(=O)=O. The van der Waals surface area contributed by atoms with Crippen molar-refractivity contribution in [2.24, 2.45) is 11.7 Å². The molecule has 214 valence electrons. The second-order valence-electron chi connectivity index (χ2n) is 10.3. The van der Waals surface area contributed by atoms with Crippen LogP contribution in [0.2, 0.25) is 0 Å². The molecule has 4 N–H and O–H groups in total. The molecule has 0 radical (unpaired) electrons. The van der Waals surface area contributed by atoms with E-state index in [1.54, 1.807) is 18.5 Å². The summed E-state index contributed by atoms with van der Waals surface area (Å²) in [6, 6.07) is 5.35. The molecule has 0 saturated heterocycles. The number of carbonyl (C=O) groups is 1. The number of aromatic nitrogens is 2. The van der Waals surface area contributed by atoms with Gasteiger partial charge in [-0.3, -0.25) is 9.78 Å². The fourth-order valence-electron chi connectivity index (χ4n) is 5.31. The van der Waals surface area contributed by atoms with Gasteiger partial charge in [0.1, 0.15) is 32.9 Å². The van der Waals surface area contributed by atoms with Gasteiger partial charge in [0.2, 0.25) is 0 Å². The van der Waals surface area contributed by atoms with E-state index in [-0.39, 0.29) is 54.1 Å². The van der Waals surface area contributed by atoms with Crippen molar-refractivity contribution in [2.45, 2.75) is 44.2 Å². The highest BCUT2D eigenvalue weighted by Crippen LogP contribution is 2.38. The number of rotatable bonds is 9. The smallest absolute Gasteiger partial charge is 0.187 e. The average molecular weight is 577 g/mol. The van der Waals surface area contributed by atoms with Crippen molar-refractivity contribution in [1.29, 1.82) is 0 Å². The van der Waals surface area contributed by atoms with Gasteiger partial charge in [0.25, 0.3) is 0 Å². The molecule has 1 aromatic carbocycles. The Kier molecular flexibility index (Phi) is 8.91. The number of pyridine rings is 2. The van der Waals surface area contributed by atoms with Crippen molar-refractivity contribution in [3.8, 4) is 11.3 Å². The predicted octanol–water partition coefficient (Wildman–Crippen LogP) is 3.84. The number of anilines is 1. The first-order valence-corrected chi connectivity index (χ1v) is 14.8. The van der Waals surface area contributed by atoms with Crippen LogP contribution < -0.4 is 11.5 Å². The maximum atomic E-state index is 14.7. The number of hydrogen-bond donors (Lipinski definition) is 2. The van der Waals surface area contributed by atoms with Gasteiger partial charge in [-0.25, -0.2) is 26.6 Å². The molecule has 1 aliphatic carbocycles. The molecular formula is C28H31F3N4O4S. The molecule has 4 atom stereocenters. The Morgan fingerprint density at radius 3 is 2.48 bits per heavy atom. The highest BCUT2D eigenvalue weighted by Gasteiger charge is 2.36. The van der Waals surface area contributed by atoms with Crippen LogP contribution in [0.3, 0.4) is 0 Å².